The number of urea groups is 1. The van der Waals surface area contributed by atoms with E-state index in [1.54, 1.807) is 12.1 Å². The molecule has 2 amide bonds. The SMILES string of the molecule is CCCCNS(=O)(=O)c1ccc(NC(=O)N2CCCCCC2)cc1. The number of nitrogens with zero attached hydrogens (tertiary/aromatic N) is 1. The van der Waals surface area contributed by atoms with Crippen LogP contribution >= 0.6 is 0 Å². The van der Waals surface area contributed by atoms with Gasteiger partial charge in [-0.25, -0.2) is 17.9 Å². The molecule has 1 aromatic carbocycles. The maximum absolute atomic E-state index is 12.3. The van der Waals surface area contributed by atoms with Gasteiger partial charge in [0.15, 0.2) is 0 Å². The van der Waals surface area contributed by atoms with Gasteiger partial charge in [0.2, 0.25) is 10.0 Å². The van der Waals surface area contributed by atoms with Crippen molar-refractivity contribution in [2.45, 2.75) is 50.3 Å². The van der Waals surface area contributed by atoms with E-state index in [0.717, 1.165) is 38.8 Å². The molecule has 1 aliphatic rings. The molecule has 0 aromatic heterocycles. The standard InChI is InChI=1S/C17H27N3O3S/c1-2-3-12-18-24(22,23)16-10-8-15(9-11-16)19-17(21)20-13-6-4-5-7-14-20/h8-11,18H,2-7,12-14H2,1H3,(H,19,21). The lowest BCUT2D eigenvalue weighted by atomic mass is 10.2. The first-order valence-corrected chi connectivity index (χ1v) is 10.2. The van der Waals surface area contributed by atoms with Crippen molar-refractivity contribution in [3.8, 4) is 0 Å². The molecule has 6 nitrogen and oxygen atoms in total. The van der Waals surface area contributed by atoms with Gasteiger partial charge in [0.25, 0.3) is 0 Å². The summed E-state index contributed by atoms with van der Waals surface area (Å²) in [6, 6.07) is 6.18. The Bertz CT molecular complexity index is 621. The Balaban J connectivity index is 1.94. The summed E-state index contributed by atoms with van der Waals surface area (Å²) in [4.78, 5) is 14.3. The first-order chi connectivity index (χ1) is 11.5. The predicted molar refractivity (Wildman–Crippen MR) is 95.6 cm³/mol. The number of carbonyl (C=O) groups is 1. The number of anilines is 1. The molecule has 0 bridgehead atoms. The molecule has 134 valence electrons. The third-order valence-corrected chi connectivity index (χ3v) is 5.61. The number of rotatable bonds is 6. The van der Waals surface area contributed by atoms with Crippen LogP contribution in [0.15, 0.2) is 29.2 Å². The minimum absolute atomic E-state index is 0.117. The molecule has 0 saturated carbocycles. The second-order valence-corrected chi connectivity index (χ2v) is 7.87. The zero-order valence-corrected chi connectivity index (χ0v) is 15.1. The maximum atomic E-state index is 12.3. The van der Waals surface area contributed by atoms with E-state index in [1.807, 2.05) is 11.8 Å². The molecule has 7 heteroatoms. The van der Waals surface area contributed by atoms with Gasteiger partial charge in [-0.15, -0.1) is 0 Å². The Morgan fingerprint density at radius 1 is 1.08 bits per heavy atom. The largest absolute Gasteiger partial charge is 0.325 e. The van der Waals surface area contributed by atoms with E-state index in [0.29, 0.717) is 12.2 Å². The summed E-state index contributed by atoms with van der Waals surface area (Å²) in [6.45, 7) is 4.00. The lowest BCUT2D eigenvalue weighted by molar-refractivity contribution is 0.214. The van der Waals surface area contributed by atoms with Crippen LogP contribution in [-0.4, -0.2) is 39.0 Å². The minimum atomic E-state index is -3.48. The number of hydrogen-bond acceptors (Lipinski definition) is 3. The van der Waals surface area contributed by atoms with E-state index in [2.05, 4.69) is 10.0 Å². The number of carbonyl (C=O) groups excluding carboxylic acids is 1. The van der Waals surface area contributed by atoms with Gasteiger partial charge >= 0.3 is 6.03 Å². The van der Waals surface area contributed by atoms with Gasteiger partial charge in [0, 0.05) is 25.3 Å². The highest BCUT2D eigenvalue weighted by molar-refractivity contribution is 7.89. The zero-order chi connectivity index (χ0) is 17.4. The van der Waals surface area contributed by atoms with Crippen LogP contribution in [0.5, 0.6) is 0 Å². The maximum Gasteiger partial charge on any atom is 0.321 e. The lowest BCUT2D eigenvalue weighted by Gasteiger charge is -2.20. The average Bonchev–Trinajstić information content (AvgIpc) is 2.85. The van der Waals surface area contributed by atoms with Gasteiger partial charge in [0.1, 0.15) is 0 Å². The molecule has 2 rings (SSSR count). The summed E-state index contributed by atoms with van der Waals surface area (Å²) in [5.41, 5.74) is 0.608. The number of amides is 2. The van der Waals surface area contributed by atoms with Gasteiger partial charge in [-0.3, -0.25) is 0 Å². The van der Waals surface area contributed by atoms with Crippen LogP contribution in [0, 0.1) is 0 Å². The summed E-state index contributed by atoms with van der Waals surface area (Å²) in [5, 5.41) is 2.84. The Kier molecular flexibility index (Phi) is 7.05. The van der Waals surface area contributed by atoms with Crippen molar-refractivity contribution in [3.63, 3.8) is 0 Å². The molecule has 1 heterocycles. The van der Waals surface area contributed by atoms with Crippen molar-refractivity contribution in [1.82, 2.24) is 9.62 Å². The second-order valence-electron chi connectivity index (χ2n) is 6.11. The molecule has 1 aromatic rings. The lowest BCUT2D eigenvalue weighted by Crippen LogP contribution is -2.35. The fourth-order valence-electron chi connectivity index (χ4n) is 2.66. The molecular weight excluding hydrogens is 326 g/mol. The monoisotopic (exact) mass is 353 g/mol. The number of unbranched alkanes of at least 4 members (excludes halogenated alkanes) is 1. The van der Waals surface area contributed by atoms with Crippen molar-refractivity contribution in [1.29, 1.82) is 0 Å². The van der Waals surface area contributed by atoms with E-state index in [1.165, 1.54) is 25.0 Å². The second kappa shape index (κ2) is 9.03. The molecular formula is C17H27N3O3S. The highest BCUT2D eigenvalue weighted by Gasteiger charge is 2.16. The number of sulfonamides is 1. The number of nitrogens with one attached hydrogen (secondary N) is 2. The van der Waals surface area contributed by atoms with Crippen molar-refractivity contribution in [2.24, 2.45) is 0 Å². The third kappa shape index (κ3) is 5.49. The van der Waals surface area contributed by atoms with E-state index in [9.17, 15) is 13.2 Å². The molecule has 0 radical (unpaired) electrons. The average molecular weight is 353 g/mol. The van der Waals surface area contributed by atoms with Crippen LogP contribution in [0.2, 0.25) is 0 Å². The summed E-state index contributed by atoms with van der Waals surface area (Å²) in [6.07, 6.45) is 6.15. The summed E-state index contributed by atoms with van der Waals surface area (Å²) < 4.78 is 26.8. The van der Waals surface area contributed by atoms with Gasteiger partial charge in [-0.1, -0.05) is 26.2 Å². The Hall–Kier alpha value is -1.60. The fraction of sp³-hybridized carbons (Fsp3) is 0.588. The molecule has 2 N–H and O–H groups in total. The van der Waals surface area contributed by atoms with E-state index >= 15 is 0 Å². The number of benzene rings is 1. The van der Waals surface area contributed by atoms with Crippen LogP contribution in [-0.2, 0) is 10.0 Å². The minimum Gasteiger partial charge on any atom is -0.325 e. The van der Waals surface area contributed by atoms with Crippen LogP contribution in [0.25, 0.3) is 0 Å². The van der Waals surface area contributed by atoms with Gasteiger partial charge in [0.05, 0.1) is 4.90 Å². The van der Waals surface area contributed by atoms with Gasteiger partial charge in [-0.05, 0) is 43.5 Å². The normalized spacial score (nSPS) is 15.8. The topological polar surface area (TPSA) is 78.5 Å². The quantitative estimate of drug-likeness (QED) is 0.771. The third-order valence-electron chi connectivity index (χ3n) is 4.13. The molecule has 1 fully saturated rings. The van der Waals surface area contributed by atoms with Crippen molar-refractivity contribution >= 4 is 21.7 Å². The molecule has 1 aliphatic heterocycles. The predicted octanol–water partition coefficient (Wildman–Crippen LogP) is 3.17. The highest BCUT2D eigenvalue weighted by Crippen LogP contribution is 2.16. The Labute approximate surface area is 144 Å². The van der Waals surface area contributed by atoms with Crippen molar-refractivity contribution in [2.75, 3.05) is 25.0 Å². The van der Waals surface area contributed by atoms with Crippen LogP contribution in [0.4, 0.5) is 10.5 Å². The number of hydrogen-bond donors (Lipinski definition) is 2. The molecule has 24 heavy (non-hydrogen) atoms. The molecule has 0 spiro atoms. The van der Waals surface area contributed by atoms with E-state index < -0.39 is 10.0 Å². The first kappa shape index (κ1) is 18.7. The Morgan fingerprint density at radius 2 is 1.71 bits per heavy atom. The summed E-state index contributed by atoms with van der Waals surface area (Å²) >= 11 is 0. The molecule has 0 aliphatic carbocycles. The van der Waals surface area contributed by atoms with Crippen LogP contribution in [0.3, 0.4) is 0 Å². The van der Waals surface area contributed by atoms with Crippen molar-refractivity contribution < 1.29 is 13.2 Å². The summed E-state index contributed by atoms with van der Waals surface area (Å²) in [5.74, 6) is 0. The summed E-state index contributed by atoms with van der Waals surface area (Å²) in [7, 11) is -3.48. The fourth-order valence-corrected chi connectivity index (χ4v) is 3.73. The highest BCUT2D eigenvalue weighted by atomic mass is 32.2. The zero-order valence-electron chi connectivity index (χ0n) is 14.3. The van der Waals surface area contributed by atoms with Crippen molar-refractivity contribution in [3.05, 3.63) is 24.3 Å². The van der Waals surface area contributed by atoms with Gasteiger partial charge in [-0.2, -0.15) is 0 Å². The van der Waals surface area contributed by atoms with E-state index in [4.69, 9.17) is 0 Å². The molecule has 0 unspecified atom stereocenters. The van der Waals surface area contributed by atoms with Crippen LogP contribution < -0.4 is 10.0 Å². The number of likely N-dealkylation sites (tertiary alicyclic amines) is 1. The first-order valence-electron chi connectivity index (χ1n) is 8.68. The molecule has 0 atom stereocenters. The van der Waals surface area contributed by atoms with Gasteiger partial charge < -0.3 is 10.2 Å². The smallest absolute Gasteiger partial charge is 0.321 e. The Morgan fingerprint density at radius 3 is 2.29 bits per heavy atom. The van der Waals surface area contributed by atoms with E-state index in [-0.39, 0.29) is 10.9 Å². The molecule has 1 saturated heterocycles. The van der Waals surface area contributed by atoms with Crippen LogP contribution in [0.1, 0.15) is 45.4 Å².